The summed E-state index contributed by atoms with van der Waals surface area (Å²) in [6.07, 6.45) is -7.03. The largest absolute Gasteiger partial charge is 0.448 e. The van der Waals surface area contributed by atoms with E-state index in [2.05, 4.69) is 25.6 Å². The highest BCUT2D eigenvalue weighted by molar-refractivity contribution is 5.93. The molecule has 0 spiro atoms. The number of rotatable bonds is 10. The summed E-state index contributed by atoms with van der Waals surface area (Å²) in [4.78, 5) is 51.8. The normalized spacial score (nSPS) is 21.6. The number of hydrogen-bond acceptors (Lipinski definition) is 12. The molecule has 4 N–H and O–H groups in total. The lowest BCUT2D eigenvalue weighted by Gasteiger charge is -2.33. The number of nitrogens with zero attached hydrogens (tertiary/aromatic N) is 4. The van der Waals surface area contributed by atoms with Crippen molar-refractivity contribution in [3.63, 3.8) is 0 Å². The molecule has 242 valence electrons. The number of esters is 2. The summed E-state index contributed by atoms with van der Waals surface area (Å²) in [6, 6.07) is 14.1. The number of hydrogen-bond donors (Lipinski definition) is 4. The molecular formula is C31H33FN6O8. The standard InChI is InChI=1S/C31H33FN6O8/c1-16(2)25(41)37-30-35-23(33-4)21-24(36-30)38(15-34-21)29-31(32,20(40)14-39)22(44-26(42)18-11-6-5-7-12-18)28(46-29)45-27(43)19-13-9-8-10-17(19)3/h5-13,15-16,20,22,28-29,39-40H,14H2,1-4H3,(H2,33,35,36,37,41)/t20?,22-,28+,29-,31-/m1/s1. The average Bonchev–Trinajstić information content (AvgIpc) is 3.59. The SMILES string of the molecule is CNc1nc(NC(=O)C(C)C)nc2c1ncn2[C@@H]1O[C@H](OC(=O)c2ccccc2C)[C@@H](OC(=O)c2ccccc2)[C@]1(F)C(O)CO. The van der Waals surface area contributed by atoms with Crippen LogP contribution in [0.1, 0.15) is 46.4 Å². The molecule has 5 rings (SSSR count). The van der Waals surface area contributed by atoms with Crippen molar-refractivity contribution in [2.45, 2.75) is 51.2 Å². The van der Waals surface area contributed by atoms with Gasteiger partial charge in [-0.15, -0.1) is 0 Å². The summed E-state index contributed by atoms with van der Waals surface area (Å²) >= 11 is 0. The minimum atomic E-state index is -3.14. The number of nitrogens with one attached hydrogen (secondary N) is 2. The third kappa shape index (κ3) is 5.99. The summed E-state index contributed by atoms with van der Waals surface area (Å²) in [5.74, 6) is -2.70. The molecule has 1 fully saturated rings. The average molecular weight is 637 g/mol. The van der Waals surface area contributed by atoms with Crippen LogP contribution in [0.5, 0.6) is 0 Å². The molecule has 1 unspecified atom stereocenters. The zero-order valence-corrected chi connectivity index (χ0v) is 25.4. The van der Waals surface area contributed by atoms with Gasteiger partial charge in [0.25, 0.3) is 0 Å². The first-order valence-corrected chi connectivity index (χ1v) is 14.4. The van der Waals surface area contributed by atoms with Crippen molar-refractivity contribution < 1.29 is 43.2 Å². The first kappa shape index (κ1) is 32.4. The van der Waals surface area contributed by atoms with Gasteiger partial charge in [0.05, 0.1) is 24.1 Å². The van der Waals surface area contributed by atoms with Gasteiger partial charge in [0.2, 0.25) is 29.9 Å². The van der Waals surface area contributed by atoms with Gasteiger partial charge >= 0.3 is 11.9 Å². The highest BCUT2D eigenvalue weighted by Crippen LogP contribution is 2.47. The highest BCUT2D eigenvalue weighted by atomic mass is 19.1. The first-order chi connectivity index (χ1) is 22.0. The van der Waals surface area contributed by atoms with Crippen molar-refractivity contribution in [1.29, 1.82) is 0 Å². The Labute approximate surface area is 262 Å². The number of aryl methyl sites for hydroxylation is 1. The van der Waals surface area contributed by atoms with Gasteiger partial charge in [-0.2, -0.15) is 9.97 Å². The third-order valence-corrected chi connectivity index (χ3v) is 7.51. The fraction of sp³-hybridized carbons (Fsp3) is 0.355. The topological polar surface area (TPSA) is 187 Å². The minimum absolute atomic E-state index is 0.0424. The van der Waals surface area contributed by atoms with E-state index in [-0.39, 0.29) is 34.1 Å². The summed E-state index contributed by atoms with van der Waals surface area (Å²) in [7, 11) is 1.55. The molecule has 2 aromatic carbocycles. The van der Waals surface area contributed by atoms with Gasteiger partial charge < -0.3 is 29.7 Å². The molecule has 15 heteroatoms. The molecule has 5 atom stereocenters. The van der Waals surface area contributed by atoms with Crippen LogP contribution < -0.4 is 10.6 Å². The Morgan fingerprint density at radius 3 is 2.41 bits per heavy atom. The number of amides is 1. The van der Waals surface area contributed by atoms with Crippen molar-refractivity contribution in [3.8, 4) is 0 Å². The zero-order valence-electron chi connectivity index (χ0n) is 25.4. The van der Waals surface area contributed by atoms with Crippen molar-refractivity contribution in [1.82, 2.24) is 19.5 Å². The molecule has 0 aliphatic carbocycles. The Bertz CT molecular complexity index is 1750. The predicted octanol–water partition coefficient (Wildman–Crippen LogP) is 2.77. The number of alkyl halides is 1. The van der Waals surface area contributed by atoms with E-state index in [9.17, 15) is 24.6 Å². The second-order valence-corrected chi connectivity index (χ2v) is 10.9. The fourth-order valence-electron chi connectivity index (χ4n) is 4.96. The Hall–Kier alpha value is -4.99. The number of anilines is 2. The molecule has 14 nitrogen and oxygen atoms in total. The van der Waals surface area contributed by atoms with Crippen LogP contribution in [0.2, 0.25) is 0 Å². The smallest absolute Gasteiger partial charge is 0.340 e. The number of ether oxygens (including phenoxy) is 3. The molecule has 0 radical (unpaired) electrons. The molecule has 1 aliphatic rings. The Balaban J connectivity index is 1.63. The van der Waals surface area contributed by atoms with E-state index in [0.717, 1.165) is 10.9 Å². The zero-order chi connectivity index (χ0) is 33.2. The molecule has 1 aliphatic heterocycles. The van der Waals surface area contributed by atoms with Gasteiger partial charge in [0, 0.05) is 13.0 Å². The number of carbonyl (C=O) groups excluding carboxylic acids is 3. The van der Waals surface area contributed by atoms with E-state index >= 15 is 4.39 Å². The van der Waals surface area contributed by atoms with Gasteiger partial charge in [-0.25, -0.2) is 19.0 Å². The number of aromatic nitrogens is 4. The van der Waals surface area contributed by atoms with Gasteiger partial charge in [-0.05, 0) is 30.7 Å². The van der Waals surface area contributed by atoms with Gasteiger partial charge in [0.1, 0.15) is 6.10 Å². The highest BCUT2D eigenvalue weighted by Gasteiger charge is 2.66. The number of aliphatic hydroxyl groups is 2. The summed E-state index contributed by atoms with van der Waals surface area (Å²) < 4.78 is 35.8. The second kappa shape index (κ2) is 13.2. The van der Waals surface area contributed by atoms with Crippen molar-refractivity contribution in [3.05, 3.63) is 77.6 Å². The van der Waals surface area contributed by atoms with Crippen LogP contribution in [-0.2, 0) is 19.0 Å². The monoisotopic (exact) mass is 636 g/mol. The molecule has 3 heterocycles. The molecule has 2 aromatic heterocycles. The lowest BCUT2D eigenvalue weighted by atomic mass is 9.91. The van der Waals surface area contributed by atoms with E-state index in [1.54, 1.807) is 64.2 Å². The lowest BCUT2D eigenvalue weighted by molar-refractivity contribution is -0.149. The van der Waals surface area contributed by atoms with Crippen molar-refractivity contribution in [2.24, 2.45) is 5.92 Å². The van der Waals surface area contributed by atoms with Crippen LogP contribution in [0.3, 0.4) is 0 Å². The number of aliphatic hydroxyl groups excluding tert-OH is 2. The van der Waals surface area contributed by atoms with Gasteiger partial charge in [-0.1, -0.05) is 50.2 Å². The summed E-state index contributed by atoms with van der Waals surface area (Å²) in [6.45, 7) is 3.88. The quantitative estimate of drug-likeness (QED) is 0.187. The van der Waals surface area contributed by atoms with Gasteiger partial charge in [0.15, 0.2) is 23.2 Å². The molecule has 46 heavy (non-hydrogen) atoms. The number of benzene rings is 2. The van der Waals surface area contributed by atoms with Crippen molar-refractivity contribution in [2.75, 3.05) is 24.3 Å². The Morgan fingerprint density at radius 2 is 1.76 bits per heavy atom. The minimum Gasteiger partial charge on any atom is -0.448 e. The maximum Gasteiger partial charge on any atom is 0.340 e. The first-order valence-electron chi connectivity index (χ1n) is 14.4. The Morgan fingerprint density at radius 1 is 1.07 bits per heavy atom. The van der Waals surface area contributed by atoms with Crippen LogP contribution in [-0.4, -0.2) is 85.4 Å². The number of fused-ring (bicyclic) bond motifs is 1. The van der Waals surface area contributed by atoms with E-state index in [4.69, 9.17) is 14.2 Å². The number of carbonyl (C=O) groups is 3. The Kier molecular flexibility index (Phi) is 9.27. The van der Waals surface area contributed by atoms with E-state index in [0.29, 0.717) is 5.56 Å². The maximum absolute atomic E-state index is 17.6. The van der Waals surface area contributed by atoms with Crippen LogP contribution in [0, 0.1) is 12.8 Å². The fourth-order valence-corrected chi connectivity index (χ4v) is 4.96. The second-order valence-electron chi connectivity index (χ2n) is 10.9. The van der Waals surface area contributed by atoms with Crippen molar-refractivity contribution >= 4 is 40.8 Å². The number of halogens is 1. The lowest BCUT2D eigenvalue weighted by Crippen LogP contribution is -2.55. The number of imidazole rings is 1. The predicted molar refractivity (Wildman–Crippen MR) is 161 cm³/mol. The third-order valence-electron chi connectivity index (χ3n) is 7.51. The molecule has 1 saturated heterocycles. The van der Waals surface area contributed by atoms with Crippen LogP contribution in [0.4, 0.5) is 16.2 Å². The summed E-state index contributed by atoms with van der Waals surface area (Å²) in [5, 5.41) is 26.4. The van der Waals surface area contributed by atoms with Crippen LogP contribution in [0.25, 0.3) is 11.2 Å². The van der Waals surface area contributed by atoms with Crippen LogP contribution >= 0.6 is 0 Å². The molecular weight excluding hydrogens is 603 g/mol. The molecule has 1 amide bonds. The molecule has 0 saturated carbocycles. The molecule has 4 aromatic rings. The van der Waals surface area contributed by atoms with Gasteiger partial charge in [-0.3, -0.25) is 14.7 Å². The maximum atomic E-state index is 17.6. The van der Waals surface area contributed by atoms with E-state index in [1.807, 2.05) is 0 Å². The molecule has 0 bridgehead atoms. The van der Waals surface area contributed by atoms with E-state index < -0.39 is 60.8 Å². The van der Waals surface area contributed by atoms with E-state index in [1.165, 1.54) is 18.2 Å². The summed E-state index contributed by atoms with van der Waals surface area (Å²) in [5.41, 5.74) is -2.34. The van der Waals surface area contributed by atoms with Crippen LogP contribution in [0.15, 0.2) is 60.9 Å².